The Morgan fingerprint density at radius 2 is 1.92 bits per heavy atom. The molecule has 1 N–H and O–H groups in total. The fourth-order valence-electron chi connectivity index (χ4n) is 2.43. The van der Waals surface area contributed by atoms with Crippen LogP contribution in [0.4, 0.5) is 5.69 Å². The molecule has 2 heterocycles. The topological polar surface area (TPSA) is 85.6 Å². The standard InChI is InChI=1S/C17H14Br2N4O3/c1-9-6-11(18)15(12(19)7-9)21-13(24)8-26-17(25)14-10(2)22-23-5-3-4-20-16(14)23/h3-7H,8H2,1-2H3,(H,21,24). The maximum Gasteiger partial charge on any atom is 0.344 e. The quantitative estimate of drug-likeness (QED) is 0.574. The van der Waals surface area contributed by atoms with Crippen molar-refractivity contribution in [2.75, 3.05) is 11.9 Å². The van der Waals surface area contributed by atoms with Gasteiger partial charge in [0, 0.05) is 21.3 Å². The Balaban J connectivity index is 1.70. The zero-order valence-electron chi connectivity index (χ0n) is 13.9. The summed E-state index contributed by atoms with van der Waals surface area (Å²) in [6.07, 6.45) is 3.25. The van der Waals surface area contributed by atoms with Crippen LogP contribution in [0.5, 0.6) is 0 Å². The molecule has 2 aromatic heterocycles. The molecular weight excluding hydrogens is 468 g/mol. The van der Waals surface area contributed by atoms with Crippen molar-refractivity contribution in [1.82, 2.24) is 14.6 Å². The molecule has 7 nitrogen and oxygen atoms in total. The van der Waals surface area contributed by atoms with E-state index < -0.39 is 18.5 Å². The van der Waals surface area contributed by atoms with Crippen LogP contribution in [0.2, 0.25) is 0 Å². The van der Waals surface area contributed by atoms with E-state index in [4.69, 9.17) is 4.74 Å². The monoisotopic (exact) mass is 480 g/mol. The number of halogens is 2. The number of carbonyl (C=O) groups is 2. The Labute approximate surface area is 166 Å². The number of amides is 1. The van der Waals surface area contributed by atoms with Gasteiger partial charge in [-0.1, -0.05) is 0 Å². The van der Waals surface area contributed by atoms with Gasteiger partial charge in [0.15, 0.2) is 12.3 Å². The van der Waals surface area contributed by atoms with Crippen molar-refractivity contribution < 1.29 is 14.3 Å². The number of nitrogens with zero attached hydrogens (tertiary/aromatic N) is 3. The summed E-state index contributed by atoms with van der Waals surface area (Å²) in [6.45, 7) is 3.20. The Morgan fingerprint density at radius 3 is 2.62 bits per heavy atom. The lowest BCUT2D eigenvalue weighted by Crippen LogP contribution is -2.21. The van der Waals surface area contributed by atoms with Crippen molar-refractivity contribution in [3.63, 3.8) is 0 Å². The van der Waals surface area contributed by atoms with Gasteiger partial charge >= 0.3 is 5.97 Å². The average molecular weight is 482 g/mol. The summed E-state index contributed by atoms with van der Waals surface area (Å²) < 4.78 is 8.09. The summed E-state index contributed by atoms with van der Waals surface area (Å²) in [7, 11) is 0. The predicted octanol–water partition coefficient (Wildman–Crippen LogP) is 3.67. The lowest BCUT2D eigenvalue weighted by Gasteiger charge is -2.11. The van der Waals surface area contributed by atoms with Gasteiger partial charge in [-0.15, -0.1) is 0 Å². The van der Waals surface area contributed by atoms with E-state index in [1.807, 2.05) is 19.1 Å². The summed E-state index contributed by atoms with van der Waals surface area (Å²) in [5, 5.41) is 6.91. The van der Waals surface area contributed by atoms with E-state index in [1.54, 1.807) is 25.4 Å². The first kappa shape index (κ1) is 18.5. The highest BCUT2D eigenvalue weighted by atomic mass is 79.9. The van der Waals surface area contributed by atoms with E-state index in [9.17, 15) is 9.59 Å². The van der Waals surface area contributed by atoms with Gasteiger partial charge in [0.25, 0.3) is 5.91 Å². The largest absolute Gasteiger partial charge is 0.452 e. The Morgan fingerprint density at radius 1 is 1.23 bits per heavy atom. The number of benzene rings is 1. The van der Waals surface area contributed by atoms with Crippen LogP contribution in [0.15, 0.2) is 39.5 Å². The Bertz CT molecular complexity index is 993. The third kappa shape index (κ3) is 3.78. The number of carbonyl (C=O) groups excluding carboxylic acids is 2. The van der Waals surface area contributed by atoms with Crippen LogP contribution in [-0.4, -0.2) is 33.1 Å². The fraction of sp³-hybridized carbons (Fsp3) is 0.176. The number of hydrogen-bond donors (Lipinski definition) is 1. The van der Waals surface area contributed by atoms with E-state index in [0.717, 1.165) is 14.5 Å². The molecule has 0 fully saturated rings. The minimum Gasteiger partial charge on any atom is -0.452 e. The maximum absolute atomic E-state index is 12.4. The second kappa shape index (κ2) is 7.55. The molecule has 0 bridgehead atoms. The van der Waals surface area contributed by atoms with Crippen molar-refractivity contribution in [3.05, 3.63) is 56.4 Å². The summed E-state index contributed by atoms with van der Waals surface area (Å²) in [6, 6.07) is 5.46. The zero-order valence-corrected chi connectivity index (χ0v) is 17.1. The molecule has 0 saturated carbocycles. The number of fused-ring (bicyclic) bond motifs is 1. The highest BCUT2D eigenvalue weighted by molar-refractivity contribution is 9.11. The second-order valence-corrected chi connectivity index (χ2v) is 7.28. The van der Waals surface area contributed by atoms with Crippen LogP contribution in [0.1, 0.15) is 21.6 Å². The molecule has 9 heteroatoms. The third-order valence-electron chi connectivity index (χ3n) is 3.56. The summed E-state index contributed by atoms with van der Waals surface area (Å²) in [5.41, 5.74) is 2.73. The molecule has 0 spiro atoms. The first-order valence-electron chi connectivity index (χ1n) is 7.59. The maximum atomic E-state index is 12.4. The SMILES string of the molecule is Cc1cc(Br)c(NC(=O)COC(=O)c2c(C)nn3cccnc23)c(Br)c1. The molecular formula is C17H14Br2N4O3. The van der Waals surface area contributed by atoms with Crippen LogP contribution in [0.3, 0.4) is 0 Å². The van der Waals surface area contributed by atoms with Crippen LogP contribution in [0, 0.1) is 13.8 Å². The minimum absolute atomic E-state index is 0.246. The number of anilines is 1. The molecule has 1 amide bonds. The van der Waals surface area contributed by atoms with Gasteiger partial charge in [0.2, 0.25) is 0 Å². The number of aryl methyl sites for hydroxylation is 2. The zero-order chi connectivity index (χ0) is 18.8. The lowest BCUT2D eigenvalue weighted by atomic mass is 10.2. The van der Waals surface area contributed by atoms with Gasteiger partial charge in [-0.25, -0.2) is 14.3 Å². The van der Waals surface area contributed by atoms with Gasteiger partial charge in [0.05, 0.1) is 11.4 Å². The second-order valence-electron chi connectivity index (χ2n) is 5.58. The van der Waals surface area contributed by atoms with Crippen LogP contribution in [0.25, 0.3) is 5.65 Å². The van der Waals surface area contributed by atoms with Crippen molar-refractivity contribution in [2.45, 2.75) is 13.8 Å². The molecule has 0 unspecified atom stereocenters. The number of aromatic nitrogens is 3. The summed E-state index contributed by atoms with van der Waals surface area (Å²) >= 11 is 6.81. The minimum atomic E-state index is -0.645. The van der Waals surface area contributed by atoms with E-state index in [-0.39, 0.29) is 5.56 Å². The molecule has 3 rings (SSSR count). The van der Waals surface area contributed by atoms with Gasteiger partial charge < -0.3 is 10.1 Å². The molecule has 0 atom stereocenters. The number of esters is 1. The first-order chi connectivity index (χ1) is 12.4. The molecule has 0 radical (unpaired) electrons. The van der Waals surface area contributed by atoms with E-state index in [1.165, 1.54) is 4.52 Å². The van der Waals surface area contributed by atoms with E-state index in [2.05, 4.69) is 47.3 Å². The lowest BCUT2D eigenvalue weighted by molar-refractivity contribution is -0.119. The fourth-order valence-corrected chi connectivity index (χ4v) is 4.05. The van der Waals surface area contributed by atoms with Crippen molar-refractivity contribution in [1.29, 1.82) is 0 Å². The molecule has 134 valence electrons. The van der Waals surface area contributed by atoms with Crippen LogP contribution >= 0.6 is 31.9 Å². The molecule has 0 aliphatic rings. The third-order valence-corrected chi connectivity index (χ3v) is 4.81. The molecule has 0 saturated heterocycles. The number of hydrogen-bond acceptors (Lipinski definition) is 5. The highest BCUT2D eigenvalue weighted by Crippen LogP contribution is 2.32. The Hall–Kier alpha value is -2.26. The molecule has 3 aromatic rings. The van der Waals surface area contributed by atoms with Crippen molar-refractivity contribution in [3.8, 4) is 0 Å². The smallest absolute Gasteiger partial charge is 0.344 e. The summed E-state index contributed by atoms with van der Waals surface area (Å²) in [4.78, 5) is 28.7. The number of rotatable bonds is 4. The van der Waals surface area contributed by atoms with Gasteiger partial charge in [-0.05, 0) is 69.5 Å². The molecule has 26 heavy (non-hydrogen) atoms. The van der Waals surface area contributed by atoms with E-state index in [0.29, 0.717) is 17.0 Å². The Kier molecular flexibility index (Phi) is 5.38. The number of ether oxygens (including phenoxy) is 1. The van der Waals surface area contributed by atoms with Crippen molar-refractivity contribution in [2.24, 2.45) is 0 Å². The average Bonchev–Trinajstić information content (AvgIpc) is 2.91. The highest BCUT2D eigenvalue weighted by Gasteiger charge is 2.21. The van der Waals surface area contributed by atoms with Crippen molar-refractivity contribution >= 4 is 55.1 Å². The summed E-state index contributed by atoms with van der Waals surface area (Å²) in [5.74, 6) is -1.10. The van der Waals surface area contributed by atoms with E-state index >= 15 is 0 Å². The molecule has 1 aromatic carbocycles. The predicted molar refractivity (Wildman–Crippen MR) is 103 cm³/mol. The van der Waals surface area contributed by atoms with Crippen LogP contribution < -0.4 is 5.32 Å². The molecule has 0 aliphatic heterocycles. The van der Waals surface area contributed by atoms with Gasteiger partial charge in [-0.2, -0.15) is 5.10 Å². The first-order valence-corrected chi connectivity index (χ1v) is 9.18. The molecule has 0 aliphatic carbocycles. The van der Waals surface area contributed by atoms with Gasteiger partial charge in [-0.3, -0.25) is 4.79 Å². The normalized spacial score (nSPS) is 10.8. The van der Waals surface area contributed by atoms with Crippen LogP contribution in [-0.2, 0) is 9.53 Å². The van der Waals surface area contributed by atoms with Gasteiger partial charge in [0.1, 0.15) is 5.56 Å². The number of nitrogens with one attached hydrogen (secondary N) is 1.